The zero-order valence-corrected chi connectivity index (χ0v) is 10.5. The van der Waals surface area contributed by atoms with Crippen LogP contribution in [0.5, 0.6) is 0 Å². The third-order valence-electron chi connectivity index (χ3n) is 2.32. The standard InChI is InChI=1S/C12H16F3N3O/c1-2-16-7-8-17-11(19)18-10-6-4-3-5-9(10)12(13,14)15/h3-6,16H,2,7-8H2,1H3,(H2,17,18,19). The summed E-state index contributed by atoms with van der Waals surface area (Å²) in [7, 11) is 0. The maximum Gasteiger partial charge on any atom is 0.418 e. The number of para-hydroxylation sites is 1. The number of anilines is 1. The van der Waals surface area contributed by atoms with Crippen LogP contribution < -0.4 is 16.0 Å². The van der Waals surface area contributed by atoms with Crippen LogP contribution in [-0.2, 0) is 6.18 Å². The second-order valence-corrected chi connectivity index (χ2v) is 3.78. The molecule has 0 atom stereocenters. The number of alkyl halides is 3. The van der Waals surface area contributed by atoms with E-state index in [1.807, 2.05) is 6.92 Å². The van der Waals surface area contributed by atoms with Crippen molar-refractivity contribution in [3.8, 4) is 0 Å². The Bertz CT molecular complexity index is 421. The molecule has 0 aromatic heterocycles. The zero-order valence-electron chi connectivity index (χ0n) is 10.5. The number of benzene rings is 1. The molecule has 0 spiro atoms. The molecule has 3 N–H and O–H groups in total. The van der Waals surface area contributed by atoms with Crippen molar-refractivity contribution in [2.24, 2.45) is 0 Å². The first-order valence-corrected chi connectivity index (χ1v) is 5.87. The van der Waals surface area contributed by atoms with Crippen molar-refractivity contribution < 1.29 is 18.0 Å². The van der Waals surface area contributed by atoms with Gasteiger partial charge in [-0.05, 0) is 18.7 Å². The zero-order chi connectivity index (χ0) is 14.3. The van der Waals surface area contributed by atoms with E-state index < -0.39 is 17.8 Å². The SMILES string of the molecule is CCNCCNC(=O)Nc1ccccc1C(F)(F)F. The van der Waals surface area contributed by atoms with Gasteiger partial charge in [0.05, 0.1) is 11.3 Å². The summed E-state index contributed by atoms with van der Waals surface area (Å²) in [6, 6.07) is 4.19. The number of hydrogen-bond donors (Lipinski definition) is 3. The lowest BCUT2D eigenvalue weighted by Crippen LogP contribution is -2.35. The molecule has 106 valence electrons. The quantitative estimate of drug-likeness (QED) is 0.723. The van der Waals surface area contributed by atoms with E-state index in [4.69, 9.17) is 0 Å². The maximum absolute atomic E-state index is 12.7. The molecule has 0 heterocycles. The first-order valence-electron chi connectivity index (χ1n) is 5.87. The van der Waals surface area contributed by atoms with Crippen LogP contribution in [0.25, 0.3) is 0 Å². The fraction of sp³-hybridized carbons (Fsp3) is 0.417. The normalized spacial score (nSPS) is 11.2. The summed E-state index contributed by atoms with van der Waals surface area (Å²) in [6.45, 7) is 3.58. The molecule has 1 aromatic carbocycles. The monoisotopic (exact) mass is 275 g/mol. The van der Waals surface area contributed by atoms with Crippen LogP contribution in [0.4, 0.5) is 23.7 Å². The van der Waals surface area contributed by atoms with E-state index in [-0.39, 0.29) is 5.69 Å². The van der Waals surface area contributed by atoms with Gasteiger partial charge < -0.3 is 16.0 Å². The Morgan fingerprint density at radius 2 is 1.89 bits per heavy atom. The number of urea groups is 1. The highest BCUT2D eigenvalue weighted by molar-refractivity contribution is 5.90. The summed E-state index contributed by atoms with van der Waals surface area (Å²) in [5.41, 5.74) is -1.12. The molecule has 0 radical (unpaired) electrons. The van der Waals surface area contributed by atoms with E-state index in [1.54, 1.807) is 0 Å². The summed E-state index contributed by atoms with van der Waals surface area (Å²) in [5, 5.41) is 7.64. The van der Waals surface area contributed by atoms with Gasteiger partial charge in [-0.1, -0.05) is 19.1 Å². The minimum Gasteiger partial charge on any atom is -0.337 e. The molecule has 0 bridgehead atoms. The molecule has 1 aromatic rings. The lowest BCUT2D eigenvalue weighted by molar-refractivity contribution is -0.136. The number of nitrogens with one attached hydrogen (secondary N) is 3. The van der Waals surface area contributed by atoms with Crippen LogP contribution in [0, 0.1) is 0 Å². The number of rotatable bonds is 5. The summed E-state index contributed by atoms with van der Waals surface area (Å²) in [6.07, 6.45) is -4.49. The van der Waals surface area contributed by atoms with Gasteiger partial charge in [-0.2, -0.15) is 13.2 Å². The summed E-state index contributed by atoms with van der Waals surface area (Å²) < 4.78 is 38.0. The number of amides is 2. The molecular weight excluding hydrogens is 259 g/mol. The predicted molar refractivity (Wildman–Crippen MR) is 67.0 cm³/mol. The van der Waals surface area contributed by atoms with Crippen LogP contribution >= 0.6 is 0 Å². The molecule has 4 nitrogen and oxygen atoms in total. The first-order chi connectivity index (χ1) is 8.95. The highest BCUT2D eigenvalue weighted by atomic mass is 19.4. The van der Waals surface area contributed by atoms with Crippen molar-refractivity contribution in [3.05, 3.63) is 29.8 Å². The van der Waals surface area contributed by atoms with E-state index in [9.17, 15) is 18.0 Å². The van der Waals surface area contributed by atoms with Crippen LogP contribution in [0.1, 0.15) is 12.5 Å². The lowest BCUT2D eigenvalue weighted by atomic mass is 10.1. The Morgan fingerprint density at radius 3 is 2.53 bits per heavy atom. The minimum absolute atomic E-state index is 0.254. The van der Waals surface area contributed by atoms with Gasteiger partial charge in [0, 0.05) is 13.1 Å². The second kappa shape index (κ2) is 6.98. The third kappa shape index (κ3) is 5.17. The van der Waals surface area contributed by atoms with E-state index in [0.717, 1.165) is 12.6 Å². The molecule has 0 aliphatic rings. The van der Waals surface area contributed by atoms with Gasteiger partial charge in [-0.3, -0.25) is 0 Å². The molecule has 7 heteroatoms. The van der Waals surface area contributed by atoms with Crippen molar-refractivity contribution in [2.75, 3.05) is 25.0 Å². The first kappa shape index (κ1) is 15.3. The molecule has 0 aliphatic heterocycles. The molecule has 2 amide bonds. The Labute approximate surface area is 109 Å². The molecule has 0 unspecified atom stereocenters. The molecular formula is C12H16F3N3O. The van der Waals surface area contributed by atoms with Gasteiger partial charge in [0.25, 0.3) is 0 Å². The van der Waals surface area contributed by atoms with E-state index in [1.165, 1.54) is 18.2 Å². The molecule has 0 saturated carbocycles. The average Bonchev–Trinajstić information content (AvgIpc) is 2.34. The van der Waals surface area contributed by atoms with Crippen molar-refractivity contribution in [1.82, 2.24) is 10.6 Å². The number of hydrogen-bond acceptors (Lipinski definition) is 2. The minimum atomic E-state index is -4.49. The van der Waals surface area contributed by atoms with Gasteiger partial charge >= 0.3 is 12.2 Å². The fourth-order valence-electron chi connectivity index (χ4n) is 1.45. The Hall–Kier alpha value is -1.76. The van der Waals surface area contributed by atoms with Gasteiger partial charge in [0.1, 0.15) is 0 Å². The summed E-state index contributed by atoms with van der Waals surface area (Å²) in [5.74, 6) is 0. The van der Waals surface area contributed by atoms with Crippen molar-refractivity contribution in [3.63, 3.8) is 0 Å². The molecule has 0 saturated heterocycles. The van der Waals surface area contributed by atoms with Crippen molar-refractivity contribution >= 4 is 11.7 Å². The summed E-state index contributed by atoms with van der Waals surface area (Å²) in [4.78, 5) is 11.4. The maximum atomic E-state index is 12.7. The fourth-order valence-corrected chi connectivity index (χ4v) is 1.45. The molecule has 0 aliphatic carbocycles. The van der Waals surface area contributed by atoms with E-state index >= 15 is 0 Å². The number of carbonyl (C=O) groups is 1. The second-order valence-electron chi connectivity index (χ2n) is 3.78. The lowest BCUT2D eigenvalue weighted by Gasteiger charge is -2.14. The van der Waals surface area contributed by atoms with Crippen LogP contribution in [0.2, 0.25) is 0 Å². The predicted octanol–water partition coefficient (Wildman–Crippen LogP) is 2.44. The molecule has 1 rings (SSSR count). The highest BCUT2D eigenvalue weighted by Crippen LogP contribution is 2.34. The third-order valence-corrected chi connectivity index (χ3v) is 2.32. The van der Waals surface area contributed by atoms with Gasteiger partial charge in [-0.15, -0.1) is 0 Å². The summed E-state index contributed by atoms with van der Waals surface area (Å²) >= 11 is 0. The number of carbonyl (C=O) groups excluding carboxylic acids is 1. The highest BCUT2D eigenvalue weighted by Gasteiger charge is 2.33. The van der Waals surface area contributed by atoms with E-state index in [0.29, 0.717) is 13.1 Å². The number of likely N-dealkylation sites (N-methyl/N-ethyl adjacent to an activating group) is 1. The topological polar surface area (TPSA) is 53.2 Å². The van der Waals surface area contributed by atoms with E-state index in [2.05, 4.69) is 16.0 Å². The Morgan fingerprint density at radius 1 is 1.21 bits per heavy atom. The van der Waals surface area contributed by atoms with Gasteiger partial charge in [-0.25, -0.2) is 4.79 Å². The van der Waals surface area contributed by atoms with Crippen LogP contribution in [0.3, 0.4) is 0 Å². The van der Waals surface area contributed by atoms with Gasteiger partial charge in [0.15, 0.2) is 0 Å². The Balaban J connectivity index is 2.59. The van der Waals surface area contributed by atoms with Crippen molar-refractivity contribution in [2.45, 2.75) is 13.1 Å². The smallest absolute Gasteiger partial charge is 0.337 e. The van der Waals surface area contributed by atoms with Crippen molar-refractivity contribution in [1.29, 1.82) is 0 Å². The average molecular weight is 275 g/mol. The molecule has 0 fully saturated rings. The number of halogens is 3. The largest absolute Gasteiger partial charge is 0.418 e. The Kier molecular flexibility index (Phi) is 5.62. The van der Waals surface area contributed by atoms with Crippen LogP contribution in [-0.4, -0.2) is 25.7 Å². The van der Waals surface area contributed by atoms with Crippen LogP contribution in [0.15, 0.2) is 24.3 Å². The molecule has 19 heavy (non-hydrogen) atoms. The van der Waals surface area contributed by atoms with Gasteiger partial charge in [0.2, 0.25) is 0 Å².